The van der Waals surface area contributed by atoms with Crippen LogP contribution in [0.25, 0.3) is 5.69 Å². The molecule has 196 valence electrons. The number of hydrogen-bond donors (Lipinski definition) is 2. The number of rotatable bonds is 10. The molecule has 2 N–H and O–H groups in total. The first kappa shape index (κ1) is 26.6. The highest BCUT2D eigenvalue weighted by atomic mass is 32.2. The van der Waals surface area contributed by atoms with Gasteiger partial charge < -0.3 is 15.4 Å². The van der Waals surface area contributed by atoms with Gasteiger partial charge in [0.2, 0.25) is 0 Å². The highest BCUT2D eigenvalue weighted by Crippen LogP contribution is 2.28. The molecule has 1 aromatic heterocycles. The summed E-state index contributed by atoms with van der Waals surface area (Å²) in [5.41, 5.74) is 2.02. The highest BCUT2D eigenvalue weighted by Gasteiger charge is 2.22. The average molecular weight is 537 g/mol. The number of nitrogens with one attached hydrogen (secondary N) is 2. The molecule has 10 nitrogen and oxygen atoms in total. The molecule has 0 fully saturated rings. The van der Waals surface area contributed by atoms with Gasteiger partial charge in [0.05, 0.1) is 17.6 Å². The second-order valence-corrected chi connectivity index (χ2v) is 9.08. The molecule has 2 amide bonds. The van der Waals surface area contributed by atoms with E-state index in [4.69, 9.17) is 4.74 Å². The van der Waals surface area contributed by atoms with Gasteiger partial charge in [-0.2, -0.15) is 0 Å². The molecule has 38 heavy (non-hydrogen) atoms. The molecule has 4 aromatic rings. The number of nitrogens with zero attached hydrogens (tertiary/aromatic N) is 4. The van der Waals surface area contributed by atoms with Crippen LogP contribution < -0.4 is 15.4 Å². The summed E-state index contributed by atoms with van der Waals surface area (Å²) in [7, 11) is 0. The van der Waals surface area contributed by atoms with Crippen molar-refractivity contribution in [3.8, 4) is 11.4 Å². The number of nitro benzene ring substituents is 1. The fourth-order valence-corrected chi connectivity index (χ4v) is 4.49. The molecule has 12 heteroatoms. The highest BCUT2D eigenvalue weighted by molar-refractivity contribution is 7.98. The smallest absolute Gasteiger partial charge is 0.319 e. The number of non-ortho nitro benzene ring substituents is 1. The number of halogens is 1. The van der Waals surface area contributed by atoms with E-state index in [9.17, 15) is 19.3 Å². The van der Waals surface area contributed by atoms with E-state index in [1.165, 1.54) is 36.0 Å². The molecular weight excluding hydrogens is 511 g/mol. The fraction of sp³-hybridized carbons (Fsp3) is 0.192. The number of carbonyl (C=O) groups is 1. The van der Waals surface area contributed by atoms with Crippen molar-refractivity contribution >= 4 is 29.2 Å². The lowest BCUT2D eigenvalue weighted by atomic mass is 10.2. The molecule has 0 aliphatic heterocycles. The van der Waals surface area contributed by atoms with Gasteiger partial charge >= 0.3 is 6.03 Å². The van der Waals surface area contributed by atoms with Crippen molar-refractivity contribution in [2.24, 2.45) is 0 Å². The standard InChI is InChI=1S/C26H25FN6O4S/c1-3-37-23-14-8-20(9-15-23)29-25(34)28-17(2)24-30-31-26(38-16-18-4-6-19(27)7-5-18)32(24)21-10-12-22(13-11-21)33(35)36/h4-15,17H,3,16H2,1-2H3,(H2,28,29,34). The lowest BCUT2D eigenvalue weighted by Gasteiger charge is -2.17. The second kappa shape index (κ2) is 12.2. The van der Waals surface area contributed by atoms with Crippen LogP contribution in [0.15, 0.2) is 78.0 Å². The van der Waals surface area contributed by atoms with Crippen LogP contribution in [0.1, 0.15) is 31.3 Å². The van der Waals surface area contributed by atoms with Gasteiger partial charge in [0.25, 0.3) is 5.69 Å². The lowest BCUT2D eigenvalue weighted by Crippen LogP contribution is -2.32. The van der Waals surface area contributed by atoms with Gasteiger partial charge in [0.15, 0.2) is 11.0 Å². The van der Waals surface area contributed by atoms with Crippen molar-refractivity contribution in [3.63, 3.8) is 0 Å². The summed E-state index contributed by atoms with van der Waals surface area (Å²) in [4.78, 5) is 23.4. The van der Waals surface area contributed by atoms with E-state index in [0.29, 0.717) is 40.5 Å². The molecule has 0 aliphatic rings. The second-order valence-electron chi connectivity index (χ2n) is 8.14. The zero-order valence-corrected chi connectivity index (χ0v) is 21.4. The van der Waals surface area contributed by atoms with E-state index in [1.807, 2.05) is 6.92 Å². The molecule has 0 saturated heterocycles. The van der Waals surface area contributed by atoms with Crippen molar-refractivity contribution in [1.82, 2.24) is 20.1 Å². The van der Waals surface area contributed by atoms with E-state index < -0.39 is 17.0 Å². The van der Waals surface area contributed by atoms with Crippen LogP contribution in [0.2, 0.25) is 0 Å². The number of ether oxygens (including phenoxy) is 1. The predicted molar refractivity (Wildman–Crippen MR) is 142 cm³/mol. The molecule has 0 saturated carbocycles. The van der Waals surface area contributed by atoms with Gasteiger partial charge in [-0.05, 0) is 67.9 Å². The van der Waals surface area contributed by atoms with Crippen molar-refractivity contribution < 1.29 is 18.8 Å². The maximum absolute atomic E-state index is 13.3. The van der Waals surface area contributed by atoms with Crippen molar-refractivity contribution in [1.29, 1.82) is 0 Å². The van der Waals surface area contributed by atoms with Crippen LogP contribution in [0.4, 0.5) is 20.6 Å². The van der Waals surface area contributed by atoms with Crippen molar-refractivity contribution in [3.05, 3.63) is 100 Å². The van der Waals surface area contributed by atoms with Crippen molar-refractivity contribution in [2.75, 3.05) is 11.9 Å². The van der Waals surface area contributed by atoms with Gasteiger partial charge in [-0.25, -0.2) is 9.18 Å². The van der Waals surface area contributed by atoms with Crippen LogP contribution in [0.5, 0.6) is 5.75 Å². The third-order valence-electron chi connectivity index (χ3n) is 5.42. The third-order valence-corrected chi connectivity index (χ3v) is 6.42. The molecule has 0 bridgehead atoms. The van der Waals surface area contributed by atoms with Crippen LogP contribution in [0.3, 0.4) is 0 Å². The summed E-state index contributed by atoms with van der Waals surface area (Å²) >= 11 is 1.37. The summed E-state index contributed by atoms with van der Waals surface area (Å²) in [6.45, 7) is 4.20. The molecule has 1 unspecified atom stereocenters. The summed E-state index contributed by atoms with van der Waals surface area (Å²) < 4.78 is 20.4. The SMILES string of the molecule is CCOc1ccc(NC(=O)NC(C)c2nnc(SCc3ccc(F)cc3)n2-c2ccc([N+](=O)[O-])cc2)cc1. The summed E-state index contributed by atoms with van der Waals surface area (Å²) in [5.74, 6) is 1.31. The molecule has 4 rings (SSSR count). The first-order valence-corrected chi connectivity index (χ1v) is 12.7. The van der Waals surface area contributed by atoms with Crippen LogP contribution in [0, 0.1) is 15.9 Å². The molecule has 3 aromatic carbocycles. The van der Waals surface area contributed by atoms with Gasteiger partial charge in [-0.3, -0.25) is 14.7 Å². The van der Waals surface area contributed by atoms with Crippen LogP contribution >= 0.6 is 11.8 Å². The minimum Gasteiger partial charge on any atom is -0.494 e. The molecule has 0 radical (unpaired) electrons. The number of thioether (sulfide) groups is 1. The van der Waals surface area contributed by atoms with Crippen molar-refractivity contribution in [2.45, 2.75) is 30.8 Å². The number of urea groups is 1. The average Bonchev–Trinajstić information content (AvgIpc) is 3.34. The predicted octanol–water partition coefficient (Wildman–Crippen LogP) is 5.89. The normalized spacial score (nSPS) is 11.6. The van der Waals surface area contributed by atoms with Crippen LogP contribution in [-0.4, -0.2) is 32.3 Å². The number of carbonyl (C=O) groups excluding carboxylic acids is 1. The zero-order chi connectivity index (χ0) is 27.1. The first-order valence-electron chi connectivity index (χ1n) is 11.7. The molecular formula is C26H25FN6O4S. The van der Waals surface area contributed by atoms with E-state index in [2.05, 4.69) is 20.8 Å². The molecule has 1 heterocycles. The molecule has 0 spiro atoms. The van der Waals surface area contributed by atoms with Gasteiger partial charge in [-0.15, -0.1) is 10.2 Å². The van der Waals surface area contributed by atoms with Gasteiger partial charge in [-0.1, -0.05) is 23.9 Å². The fourth-order valence-electron chi connectivity index (χ4n) is 3.58. The van der Waals surface area contributed by atoms with E-state index in [1.54, 1.807) is 60.0 Å². The maximum Gasteiger partial charge on any atom is 0.319 e. The summed E-state index contributed by atoms with van der Waals surface area (Å²) in [6.07, 6.45) is 0. The zero-order valence-electron chi connectivity index (χ0n) is 20.6. The number of amides is 2. The lowest BCUT2D eigenvalue weighted by molar-refractivity contribution is -0.384. The Morgan fingerprint density at radius 1 is 1.08 bits per heavy atom. The number of nitro groups is 1. The number of aromatic nitrogens is 3. The molecule has 0 aliphatic carbocycles. The van der Waals surface area contributed by atoms with E-state index in [0.717, 1.165) is 5.56 Å². The minimum absolute atomic E-state index is 0.0511. The van der Waals surface area contributed by atoms with Gasteiger partial charge in [0, 0.05) is 29.3 Å². The Morgan fingerprint density at radius 3 is 2.39 bits per heavy atom. The minimum atomic E-state index is -0.569. The quantitative estimate of drug-likeness (QED) is 0.147. The maximum atomic E-state index is 13.3. The number of anilines is 1. The Hall–Kier alpha value is -4.45. The summed E-state index contributed by atoms with van der Waals surface area (Å²) in [5, 5.41) is 25.9. The third kappa shape index (κ3) is 6.65. The number of hydrogen-bond acceptors (Lipinski definition) is 7. The summed E-state index contributed by atoms with van der Waals surface area (Å²) in [6, 6.07) is 18.1. The first-order chi connectivity index (χ1) is 18.3. The Kier molecular flexibility index (Phi) is 8.54. The largest absolute Gasteiger partial charge is 0.494 e. The number of benzene rings is 3. The van der Waals surface area contributed by atoms with E-state index >= 15 is 0 Å². The van der Waals surface area contributed by atoms with Crippen LogP contribution in [-0.2, 0) is 5.75 Å². The Labute approximate surface area is 222 Å². The van der Waals surface area contributed by atoms with E-state index in [-0.39, 0.29) is 11.5 Å². The Balaban J connectivity index is 1.54. The monoisotopic (exact) mass is 536 g/mol. The molecule has 1 atom stereocenters. The van der Waals surface area contributed by atoms with Gasteiger partial charge in [0.1, 0.15) is 11.6 Å². The Morgan fingerprint density at radius 2 is 1.76 bits per heavy atom. The Bertz CT molecular complexity index is 1400. The topological polar surface area (TPSA) is 124 Å².